The molecule has 2 atom stereocenters. The van der Waals surface area contributed by atoms with Crippen molar-refractivity contribution < 1.29 is 5.11 Å². The average molecular weight is 204 g/mol. The lowest BCUT2D eigenvalue weighted by Crippen LogP contribution is -2.27. The van der Waals surface area contributed by atoms with Gasteiger partial charge >= 0.3 is 0 Å². The van der Waals surface area contributed by atoms with Crippen molar-refractivity contribution in [3.63, 3.8) is 0 Å². The van der Waals surface area contributed by atoms with Crippen molar-refractivity contribution in [2.45, 2.75) is 31.9 Å². The van der Waals surface area contributed by atoms with Gasteiger partial charge in [-0.3, -0.25) is 0 Å². The predicted molar refractivity (Wildman–Crippen MR) is 59.7 cm³/mol. The molecule has 1 aliphatic carbocycles. The molecule has 0 saturated carbocycles. The van der Waals surface area contributed by atoms with Crippen molar-refractivity contribution in [3.05, 3.63) is 28.6 Å². The number of rotatable bonds is 0. The van der Waals surface area contributed by atoms with Crippen LogP contribution in [-0.2, 0) is 12.8 Å². The van der Waals surface area contributed by atoms with Gasteiger partial charge in [-0.2, -0.15) is 0 Å². The van der Waals surface area contributed by atoms with Crippen LogP contribution >= 0.6 is 0 Å². The van der Waals surface area contributed by atoms with E-state index in [0.29, 0.717) is 6.04 Å². The molecule has 0 saturated heterocycles. The molecule has 1 aromatic rings. The summed E-state index contributed by atoms with van der Waals surface area (Å²) in [5.41, 5.74) is 5.28. The van der Waals surface area contributed by atoms with Crippen LogP contribution in [0.15, 0.2) is 6.08 Å². The number of H-pyrrole nitrogens is 1. The summed E-state index contributed by atoms with van der Waals surface area (Å²) < 4.78 is 0. The maximum absolute atomic E-state index is 9.56. The molecule has 2 heterocycles. The molecule has 0 bridgehead atoms. The lowest BCUT2D eigenvalue weighted by molar-refractivity contribution is 0.222. The fraction of sp³-hybridized carbons (Fsp3) is 0.500. The van der Waals surface area contributed by atoms with Gasteiger partial charge in [-0.1, -0.05) is 12.2 Å². The van der Waals surface area contributed by atoms with Gasteiger partial charge in [0.15, 0.2) is 0 Å². The van der Waals surface area contributed by atoms with Crippen LogP contribution in [0, 0.1) is 0 Å². The van der Waals surface area contributed by atoms with Crippen LogP contribution in [0.4, 0.5) is 0 Å². The summed E-state index contributed by atoms with van der Waals surface area (Å²) in [7, 11) is 0. The average Bonchev–Trinajstić information content (AvgIpc) is 2.57. The fourth-order valence-corrected chi connectivity index (χ4v) is 2.63. The Kier molecular flexibility index (Phi) is 1.97. The summed E-state index contributed by atoms with van der Waals surface area (Å²) >= 11 is 0. The highest BCUT2D eigenvalue weighted by Gasteiger charge is 2.25. The molecule has 1 aromatic heterocycles. The molecule has 0 amide bonds. The zero-order valence-corrected chi connectivity index (χ0v) is 8.88. The SMILES string of the molecule is CC1NCCc2c1[nH]c1c2C=CC(O)C1. The minimum absolute atomic E-state index is 0.319. The van der Waals surface area contributed by atoms with Crippen molar-refractivity contribution in [3.8, 4) is 0 Å². The molecule has 3 N–H and O–H groups in total. The Bertz CT molecular complexity index is 420. The van der Waals surface area contributed by atoms with Gasteiger partial charge in [-0.05, 0) is 31.0 Å². The van der Waals surface area contributed by atoms with E-state index in [1.807, 2.05) is 6.08 Å². The minimum Gasteiger partial charge on any atom is -0.389 e. The second kappa shape index (κ2) is 3.22. The van der Waals surface area contributed by atoms with Crippen molar-refractivity contribution in [2.24, 2.45) is 0 Å². The quantitative estimate of drug-likeness (QED) is 0.593. The van der Waals surface area contributed by atoms with Crippen LogP contribution in [0.3, 0.4) is 0 Å². The second-order valence-corrected chi connectivity index (χ2v) is 4.47. The van der Waals surface area contributed by atoms with Crippen LogP contribution in [0.1, 0.15) is 35.5 Å². The van der Waals surface area contributed by atoms with E-state index in [0.717, 1.165) is 19.4 Å². The fourth-order valence-electron chi connectivity index (χ4n) is 2.63. The van der Waals surface area contributed by atoms with Gasteiger partial charge < -0.3 is 15.4 Å². The van der Waals surface area contributed by atoms with Crippen LogP contribution in [-0.4, -0.2) is 22.7 Å². The second-order valence-electron chi connectivity index (χ2n) is 4.47. The van der Waals surface area contributed by atoms with Gasteiger partial charge in [0, 0.05) is 23.9 Å². The zero-order chi connectivity index (χ0) is 10.4. The van der Waals surface area contributed by atoms with Gasteiger partial charge in [0.2, 0.25) is 0 Å². The molecular weight excluding hydrogens is 188 g/mol. The number of aliphatic hydroxyl groups is 1. The molecule has 2 unspecified atom stereocenters. The Morgan fingerprint density at radius 1 is 1.47 bits per heavy atom. The summed E-state index contributed by atoms with van der Waals surface area (Å²) in [4.78, 5) is 3.46. The molecule has 0 radical (unpaired) electrons. The van der Waals surface area contributed by atoms with Crippen LogP contribution < -0.4 is 5.32 Å². The third-order valence-corrected chi connectivity index (χ3v) is 3.42. The maximum atomic E-state index is 9.56. The summed E-state index contributed by atoms with van der Waals surface area (Å²) in [6.07, 6.45) is 5.46. The monoisotopic (exact) mass is 204 g/mol. The van der Waals surface area contributed by atoms with Crippen molar-refractivity contribution >= 4 is 6.08 Å². The Labute approximate surface area is 89.2 Å². The molecule has 1 aliphatic heterocycles. The third kappa shape index (κ3) is 1.34. The van der Waals surface area contributed by atoms with Gasteiger partial charge in [0.05, 0.1) is 6.10 Å². The van der Waals surface area contributed by atoms with Crippen molar-refractivity contribution in [1.82, 2.24) is 10.3 Å². The highest BCUT2D eigenvalue weighted by Crippen LogP contribution is 2.31. The smallest absolute Gasteiger partial charge is 0.0778 e. The number of nitrogens with one attached hydrogen (secondary N) is 2. The number of aromatic amines is 1. The number of hydrogen-bond donors (Lipinski definition) is 3. The van der Waals surface area contributed by atoms with E-state index in [-0.39, 0.29) is 6.10 Å². The molecule has 0 fully saturated rings. The lowest BCUT2D eigenvalue weighted by atomic mass is 9.94. The summed E-state index contributed by atoms with van der Waals surface area (Å²) in [5, 5.41) is 13.0. The molecule has 2 aliphatic rings. The van der Waals surface area contributed by atoms with Crippen LogP contribution in [0.2, 0.25) is 0 Å². The van der Waals surface area contributed by atoms with E-state index in [9.17, 15) is 5.11 Å². The van der Waals surface area contributed by atoms with E-state index in [4.69, 9.17) is 0 Å². The minimum atomic E-state index is -0.319. The highest BCUT2D eigenvalue weighted by atomic mass is 16.3. The van der Waals surface area contributed by atoms with E-state index < -0.39 is 0 Å². The van der Waals surface area contributed by atoms with E-state index in [1.165, 1.54) is 22.5 Å². The number of hydrogen-bond acceptors (Lipinski definition) is 2. The van der Waals surface area contributed by atoms with Crippen molar-refractivity contribution in [2.75, 3.05) is 6.54 Å². The van der Waals surface area contributed by atoms with Gasteiger partial charge in [0.25, 0.3) is 0 Å². The van der Waals surface area contributed by atoms with E-state index in [1.54, 1.807) is 0 Å². The first-order valence-corrected chi connectivity index (χ1v) is 5.59. The van der Waals surface area contributed by atoms with Gasteiger partial charge in [-0.15, -0.1) is 0 Å². The standard InChI is InChI=1S/C12H16N2O/c1-7-12-10(4-5-13-7)9-3-2-8(15)6-11(9)14-12/h2-3,7-8,13-15H,4-6H2,1H3. The Morgan fingerprint density at radius 2 is 2.33 bits per heavy atom. The van der Waals surface area contributed by atoms with Gasteiger partial charge in [0.1, 0.15) is 0 Å². The van der Waals surface area contributed by atoms with E-state index >= 15 is 0 Å². The lowest BCUT2D eigenvalue weighted by Gasteiger charge is -2.20. The summed E-state index contributed by atoms with van der Waals surface area (Å²) in [5.74, 6) is 0. The molecule has 3 nitrogen and oxygen atoms in total. The first kappa shape index (κ1) is 9.19. The maximum Gasteiger partial charge on any atom is 0.0778 e. The molecule has 15 heavy (non-hydrogen) atoms. The first-order valence-electron chi connectivity index (χ1n) is 5.59. The Morgan fingerprint density at radius 3 is 3.20 bits per heavy atom. The number of fused-ring (bicyclic) bond motifs is 3. The molecule has 0 aromatic carbocycles. The van der Waals surface area contributed by atoms with Crippen molar-refractivity contribution in [1.29, 1.82) is 0 Å². The Hall–Kier alpha value is -1.06. The molecule has 3 heteroatoms. The largest absolute Gasteiger partial charge is 0.389 e. The first-order chi connectivity index (χ1) is 7.25. The molecule has 80 valence electrons. The molecule has 0 spiro atoms. The molecular formula is C12H16N2O. The number of aliphatic hydroxyl groups excluding tert-OH is 1. The van der Waals surface area contributed by atoms with Crippen LogP contribution in [0.5, 0.6) is 0 Å². The zero-order valence-electron chi connectivity index (χ0n) is 8.88. The number of aromatic nitrogens is 1. The summed E-state index contributed by atoms with van der Waals surface area (Å²) in [6.45, 7) is 3.23. The van der Waals surface area contributed by atoms with Gasteiger partial charge in [-0.25, -0.2) is 0 Å². The summed E-state index contributed by atoms with van der Waals surface area (Å²) in [6, 6.07) is 0.407. The Balaban J connectivity index is 2.11. The highest BCUT2D eigenvalue weighted by molar-refractivity contribution is 5.62. The third-order valence-electron chi connectivity index (χ3n) is 3.42. The predicted octanol–water partition coefficient (Wildman–Crippen LogP) is 1.15. The molecule has 3 rings (SSSR count). The topological polar surface area (TPSA) is 48.0 Å². The normalized spacial score (nSPS) is 28.7. The van der Waals surface area contributed by atoms with Crippen LogP contribution in [0.25, 0.3) is 6.08 Å². The van der Waals surface area contributed by atoms with E-state index in [2.05, 4.69) is 23.3 Å².